The Hall–Kier alpha value is -2.63. The van der Waals surface area contributed by atoms with Crippen LogP contribution in [0.2, 0.25) is 0 Å². The van der Waals surface area contributed by atoms with Gasteiger partial charge in [0.25, 0.3) is 11.5 Å². The summed E-state index contributed by atoms with van der Waals surface area (Å²) in [5, 5.41) is 1.25. The van der Waals surface area contributed by atoms with Crippen LogP contribution in [-0.2, 0) is 4.79 Å². The number of likely N-dealkylation sites (tertiary alicyclic amines) is 1. The van der Waals surface area contributed by atoms with Gasteiger partial charge in [-0.1, -0.05) is 18.2 Å². The van der Waals surface area contributed by atoms with Crippen LogP contribution in [0.3, 0.4) is 0 Å². The second kappa shape index (κ2) is 6.22. The van der Waals surface area contributed by atoms with E-state index in [-0.39, 0.29) is 23.4 Å². The maximum Gasteiger partial charge on any atom is 0.255 e. The Morgan fingerprint density at radius 2 is 1.89 bits per heavy atom. The zero-order valence-corrected chi connectivity index (χ0v) is 15.2. The van der Waals surface area contributed by atoms with Crippen molar-refractivity contribution in [2.24, 2.45) is 11.8 Å². The summed E-state index contributed by atoms with van der Waals surface area (Å²) in [7, 11) is 0. The van der Waals surface area contributed by atoms with E-state index in [0.717, 1.165) is 25.8 Å². The lowest BCUT2D eigenvalue weighted by molar-refractivity contribution is -0.144. The Balaban J connectivity index is 1.45. The van der Waals surface area contributed by atoms with Crippen molar-refractivity contribution in [1.82, 2.24) is 14.8 Å². The summed E-state index contributed by atoms with van der Waals surface area (Å²) in [5.74, 6) is 0.972. The molecule has 1 unspecified atom stereocenters. The summed E-state index contributed by atoms with van der Waals surface area (Å²) in [6, 6.07) is 7.54. The second-order valence-electron chi connectivity index (χ2n) is 8.15. The number of nitrogens with one attached hydrogen (secondary N) is 1. The lowest BCUT2D eigenvalue weighted by Gasteiger charge is -2.52. The van der Waals surface area contributed by atoms with Crippen molar-refractivity contribution in [1.29, 1.82) is 0 Å². The van der Waals surface area contributed by atoms with E-state index in [1.54, 1.807) is 12.3 Å². The third-order valence-corrected chi connectivity index (χ3v) is 6.51. The molecule has 1 N–H and O–H groups in total. The van der Waals surface area contributed by atoms with Crippen molar-refractivity contribution in [3.8, 4) is 0 Å². The van der Waals surface area contributed by atoms with Gasteiger partial charge in [0.15, 0.2) is 0 Å². The Labute approximate surface area is 157 Å². The molecule has 3 atom stereocenters. The molecule has 0 spiro atoms. The van der Waals surface area contributed by atoms with Gasteiger partial charge in [0.05, 0.1) is 5.56 Å². The topological polar surface area (TPSA) is 73.5 Å². The highest BCUT2D eigenvalue weighted by molar-refractivity contribution is 6.06. The number of piperidine rings is 3. The predicted molar refractivity (Wildman–Crippen MR) is 101 cm³/mol. The number of fused-ring (bicyclic) bond motifs is 5. The number of carbonyl (C=O) groups excluding carboxylic acids is 2. The lowest BCUT2D eigenvalue weighted by Crippen LogP contribution is -2.61. The Bertz CT molecular complexity index is 982. The fourth-order valence-corrected chi connectivity index (χ4v) is 5.33. The highest BCUT2D eigenvalue weighted by Gasteiger charge is 2.44. The summed E-state index contributed by atoms with van der Waals surface area (Å²) in [6.45, 7) is 2.15. The van der Waals surface area contributed by atoms with E-state index in [4.69, 9.17) is 0 Å². The number of H-pyrrole nitrogens is 1. The Kier molecular flexibility index (Phi) is 3.81. The molecule has 2 bridgehead atoms. The summed E-state index contributed by atoms with van der Waals surface area (Å²) in [5.41, 5.74) is 0.385. The fraction of sp³-hybridized carbons (Fsp3) is 0.476. The van der Waals surface area contributed by atoms with Crippen molar-refractivity contribution in [3.63, 3.8) is 0 Å². The minimum atomic E-state index is -0.172. The van der Waals surface area contributed by atoms with Gasteiger partial charge in [0.2, 0.25) is 5.91 Å². The molecule has 140 valence electrons. The molecule has 1 aromatic carbocycles. The Morgan fingerprint density at radius 3 is 2.74 bits per heavy atom. The molecule has 2 aromatic rings. The fourth-order valence-electron chi connectivity index (χ4n) is 5.33. The van der Waals surface area contributed by atoms with Crippen molar-refractivity contribution in [3.05, 3.63) is 46.4 Å². The van der Waals surface area contributed by atoms with Crippen LogP contribution in [0, 0.1) is 11.8 Å². The van der Waals surface area contributed by atoms with Gasteiger partial charge in [-0.25, -0.2) is 0 Å². The van der Waals surface area contributed by atoms with Crippen molar-refractivity contribution < 1.29 is 9.59 Å². The summed E-state index contributed by atoms with van der Waals surface area (Å²) < 4.78 is 0. The van der Waals surface area contributed by atoms with Gasteiger partial charge in [0.1, 0.15) is 0 Å². The molecule has 3 saturated heterocycles. The molecule has 0 radical (unpaired) electrons. The Morgan fingerprint density at radius 1 is 1.07 bits per heavy atom. The zero-order chi connectivity index (χ0) is 18.5. The molecule has 27 heavy (non-hydrogen) atoms. The van der Waals surface area contributed by atoms with Gasteiger partial charge in [-0.3, -0.25) is 14.4 Å². The van der Waals surface area contributed by atoms with Crippen LogP contribution in [0.5, 0.6) is 0 Å². The molecular weight excluding hydrogens is 342 g/mol. The number of nitrogens with zero attached hydrogens (tertiary/aromatic N) is 2. The second-order valence-corrected chi connectivity index (χ2v) is 8.15. The monoisotopic (exact) mass is 365 g/mol. The number of aromatic nitrogens is 1. The van der Waals surface area contributed by atoms with E-state index in [1.807, 2.05) is 23.1 Å². The minimum absolute atomic E-state index is 0.0206. The molecule has 2 amide bonds. The zero-order valence-electron chi connectivity index (χ0n) is 15.2. The van der Waals surface area contributed by atoms with Gasteiger partial charge in [-0.2, -0.15) is 0 Å². The summed E-state index contributed by atoms with van der Waals surface area (Å²) >= 11 is 0. The number of benzene rings is 1. The van der Waals surface area contributed by atoms with Gasteiger partial charge < -0.3 is 14.8 Å². The van der Waals surface area contributed by atoms with Crippen LogP contribution < -0.4 is 5.56 Å². The number of hydrogen-bond donors (Lipinski definition) is 1. The smallest absolute Gasteiger partial charge is 0.255 e. The van der Waals surface area contributed by atoms with Crippen LogP contribution in [0.15, 0.2) is 35.3 Å². The van der Waals surface area contributed by atoms with Crippen LogP contribution in [-0.4, -0.2) is 52.3 Å². The normalized spacial score (nSPS) is 27.6. The molecule has 5 rings (SSSR count). The summed E-state index contributed by atoms with van der Waals surface area (Å²) in [4.78, 5) is 44.4. The third-order valence-electron chi connectivity index (χ3n) is 6.51. The first-order valence-electron chi connectivity index (χ1n) is 9.81. The maximum atomic E-state index is 13.3. The van der Waals surface area contributed by atoms with E-state index < -0.39 is 0 Å². The molecule has 0 saturated carbocycles. The number of pyridine rings is 1. The number of hydrogen-bond acceptors (Lipinski definition) is 3. The van der Waals surface area contributed by atoms with Gasteiger partial charge in [-0.15, -0.1) is 0 Å². The van der Waals surface area contributed by atoms with Crippen molar-refractivity contribution >= 4 is 22.6 Å². The molecule has 4 heterocycles. The average Bonchev–Trinajstić information content (AvgIpc) is 2.69. The standard InChI is InChI=1S/C21H23N3O3/c25-19-7-3-6-18-14-8-13(11-24(18)19)10-23(12-14)21(27)17-9-22-20(26)16-5-2-1-4-15(16)17/h1-2,4-5,9,13-14,18H,3,6-8,10-12H2,(H,22,26)/t13-,14+,18?/m1/s1. The van der Waals surface area contributed by atoms with Crippen LogP contribution >= 0.6 is 0 Å². The maximum absolute atomic E-state index is 13.3. The molecule has 6 heteroatoms. The first kappa shape index (κ1) is 16.5. The van der Waals surface area contributed by atoms with Gasteiger partial charge in [-0.05, 0) is 37.2 Å². The minimum Gasteiger partial charge on any atom is -0.339 e. The number of aromatic amines is 1. The predicted octanol–water partition coefficient (Wildman–Crippen LogP) is 2.00. The van der Waals surface area contributed by atoms with Crippen molar-refractivity contribution in [2.75, 3.05) is 19.6 Å². The first-order chi connectivity index (χ1) is 13.1. The number of carbonyl (C=O) groups is 2. The van der Waals surface area contributed by atoms with E-state index >= 15 is 0 Å². The van der Waals surface area contributed by atoms with E-state index in [1.165, 1.54) is 0 Å². The number of amides is 2. The largest absolute Gasteiger partial charge is 0.339 e. The van der Waals surface area contributed by atoms with E-state index in [0.29, 0.717) is 47.7 Å². The van der Waals surface area contributed by atoms with Crippen molar-refractivity contribution in [2.45, 2.75) is 31.7 Å². The molecule has 6 nitrogen and oxygen atoms in total. The average molecular weight is 365 g/mol. The third kappa shape index (κ3) is 2.66. The lowest BCUT2D eigenvalue weighted by atomic mass is 9.76. The first-order valence-corrected chi connectivity index (χ1v) is 9.81. The van der Waals surface area contributed by atoms with Gasteiger partial charge in [0, 0.05) is 49.1 Å². The molecule has 1 aromatic heterocycles. The molecular formula is C21H23N3O3. The summed E-state index contributed by atoms with van der Waals surface area (Å²) in [6.07, 6.45) is 5.33. The quantitative estimate of drug-likeness (QED) is 0.840. The SMILES string of the molecule is O=C(c1c[nH]c(=O)c2ccccc12)N1C[C@H]2C[C@@H](C1)C1CCCC(=O)N1C2. The van der Waals surface area contributed by atoms with Crippen LogP contribution in [0.1, 0.15) is 36.0 Å². The molecule has 3 fully saturated rings. The van der Waals surface area contributed by atoms with Gasteiger partial charge >= 0.3 is 0 Å². The highest BCUT2D eigenvalue weighted by atomic mass is 16.2. The van der Waals surface area contributed by atoms with E-state index in [2.05, 4.69) is 9.88 Å². The number of rotatable bonds is 1. The van der Waals surface area contributed by atoms with Crippen LogP contribution in [0.4, 0.5) is 0 Å². The molecule has 3 aliphatic heterocycles. The molecule has 3 aliphatic rings. The van der Waals surface area contributed by atoms with Crippen LogP contribution in [0.25, 0.3) is 10.8 Å². The van der Waals surface area contributed by atoms with E-state index in [9.17, 15) is 14.4 Å². The molecule has 0 aliphatic carbocycles. The highest BCUT2D eigenvalue weighted by Crippen LogP contribution is 2.38.